The summed E-state index contributed by atoms with van der Waals surface area (Å²) in [5.41, 5.74) is 10.8. The van der Waals surface area contributed by atoms with Crippen molar-refractivity contribution in [1.29, 1.82) is 0 Å². The van der Waals surface area contributed by atoms with E-state index >= 15 is 0 Å². The molecule has 0 bridgehead atoms. The number of aryl methyl sites for hydroxylation is 4. The summed E-state index contributed by atoms with van der Waals surface area (Å²) in [6.45, 7) is 13.8. The van der Waals surface area contributed by atoms with Crippen LogP contribution in [-0.4, -0.2) is 11.4 Å². The maximum absolute atomic E-state index is 5.47. The third kappa shape index (κ3) is 18.0. The van der Waals surface area contributed by atoms with Crippen molar-refractivity contribution in [3.05, 3.63) is 58.7 Å². The van der Waals surface area contributed by atoms with Gasteiger partial charge in [-0.3, -0.25) is 9.98 Å². The molecule has 0 fully saturated rings. The molecule has 0 aromatic heterocycles. The molecule has 0 saturated carbocycles. The van der Waals surface area contributed by atoms with Crippen molar-refractivity contribution in [1.82, 2.24) is 0 Å². The van der Waals surface area contributed by atoms with E-state index in [0.29, 0.717) is 0 Å². The number of hydrogen-bond acceptors (Lipinski definition) is 2. The fraction of sp³-hybridized carbons (Fsp3) is 0.682. The SMILES string of the molecule is CCCCCCCCCCC(=N\c1ccc(CCCC)c(CCCC)c1)/C(CCCC)=N/c1ccc(CCCC)c(CCCC)c1.[Ni]. The monoisotopic (exact) mass is 687 g/mol. The zero-order valence-electron chi connectivity index (χ0n) is 31.6. The number of rotatable bonds is 27. The van der Waals surface area contributed by atoms with Crippen LogP contribution < -0.4 is 0 Å². The van der Waals surface area contributed by atoms with E-state index in [1.165, 1.54) is 156 Å². The van der Waals surface area contributed by atoms with Crippen LogP contribution in [0.15, 0.2) is 46.4 Å². The Morgan fingerprint density at radius 1 is 0.383 bits per heavy atom. The standard InChI is InChI=1S/C44H72N2.Ni/c1-7-13-19-20-21-22-23-24-30-44(46-42-34-32-38(26-15-9-3)40(36-42)28-17-11-5)43(29-18-12-6)45-41-33-31-37(25-14-8-2)39(35-41)27-16-10-4;/h31-36H,7-30H2,1-6H3;/b45-43+,46-44+;. The average molecular weight is 688 g/mol. The van der Waals surface area contributed by atoms with E-state index in [1.54, 1.807) is 0 Å². The summed E-state index contributed by atoms with van der Waals surface area (Å²) in [6, 6.07) is 14.2. The van der Waals surface area contributed by atoms with Gasteiger partial charge in [0.1, 0.15) is 0 Å². The van der Waals surface area contributed by atoms with Crippen LogP contribution in [0.3, 0.4) is 0 Å². The van der Waals surface area contributed by atoms with Crippen molar-refractivity contribution in [3.8, 4) is 0 Å². The first kappa shape index (κ1) is 43.3. The molecule has 47 heavy (non-hydrogen) atoms. The van der Waals surface area contributed by atoms with Crippen molar-refractivity contribution in [2.75, 3.05) is 0 Å². The van der Waals surface area contributed by atoms with Crippen molar-refractivity contribution >= 4 is 22.8 Å². The fourth-order valence-corrected chi connectivity index (χ4v) is 6.40. The first-order chi connectivity index (χ1) is 22.6. The molecule has 2 aromatic carbocycles. The second-order valence-electron chi connectivity index (χ2n) is 13.8. The Bertz CT molecular complexity index is 1130. The van der Waals surface area contributed by atoms with Crippen LogP contribution in [0.25, 0.3) is 0 Å². The normalized spacial score (nSPS) is 12.0. The van der Waals surface area contributed by atoms with E-state index in [9.17, 15) is 0 Å². The Balaban J connectivity index is 0.0000110. The topological polar surface area (TPSA) is 24.7 Å². The molecule has 0 radical (unpaired) electrons. The van der Waals surface area contributed by atoms with Gasteiger partial charge in [0.05, 0.1) is 22.8 Å². The molecule has 0 aliphatic rings. The van der Waals surface area contributed by atoms with Gasteiger partial charge in [0.2, 0.25) is 0 Å². The zero-order valence-corrected chi connectivity index (χ0v) is 32.6. The van der Waals surface area contributed by atoms with Crippen molar-refractivity contribution in [2.24, 2.45) is 9.98 Å². The number of unbranched alkanes of at least 4 members (excludes halogenated alkanes) is 12. The largest absolute Gasteiger partial charge is 0.252 e. The second kappa shape index (κ2) is 28.1. The summed E-state index contributed by atoms with van der Waals surface area (Å²) < 4.78 is 0. The summed E-state index contributed by atoms with van der Waals surface area (Å²) in [5.74, 6) is 0. The van der Waals surface area contributed by atoms with Crippen molar-refractivity contribution in [3.63, 3.8) is 0 Å². The van der Waals surface area contributed by atoms with Crippen LogP contribution in [0.5, 0.6) is 0 Å². The number of aliphatic imine (C=N–C) groups is 2. The Labute approximate surface area is 302 Å². The van der Waals surface area contributed by atoms with E-state index in [4.69, 9.17) is 9.98 Å². The molecule has 0 aliphatic carbocycles. The Kier molecular flexibility index (Phi) is 25.9. The van der Waals surface area contributed by atoms with Gasteiger partial charge >= 0.3 is 0 Å². The smallest absolute Gasteiger partial charge is 0.0636 e. The van der Waals surface area contributed by atoms with Gasteiger partial charge in [0, 0.05) is 16.5 Å². The van der Waals surface area contributed by atoms with Crippen LogP contribution in [0.4, 0.5) is 11.4 Å². The Hall–Kier alpha value is -1.73. The summed E-state index contributed by atoms with van der Waals surface area (Å²) in [7, 11) is 0. The minimum atomic E-state index is 0. The summed E-state index contributed by atoms with van der Waals surface area (Å²) in [5, 5.41) is 0. The van der Waals surface area contributed by atoms with Crippen LogP contribution in [0.1, 0.15) is 192 Å². The number of hydrogen-bond donors (Lipinski definition) is 0. The van der Waals surface area contributed by atoms with Gasteiger partial charge in [-0.25, -0.2) is 0 Å². The minimum absolute atomic E-state index is 0. The van der Waals surface area contributed by atoms with E-state index in [0.717, 1.165) is 43.5 Å². The molecule has 0 atom stereocenters. The van der Waals surface area contributed by atoms with Crippen LogP contribution >= 0.6 is 0 Å². The molecule has 2 aromatic rings. The first-order valence-electron chi connectivity index (χ1n) is 20.0. The molecular formula is C44H72N2Ni. The predicted molar refractivity (Wildman–Crippen MR) is 208 cm³/mol. The average Bonchev–Trinajstić information content (AvgIpc) is 3.07. The van der Waals surface area contributed by atoms with Crippen LogP contribution in [0, 0.1) is 0 Å². The molecular weight excluding hydrogens is 615 g/mol. The molecule has 0 heterocycles. The molecule has 0 spiro atoms. The molecule has 2 rings (SSSR count). The molecule has 0 N–H and O–H groups in total. The summed E-state index contributed by atoms with van der Waals surface area (Å²) in [4.78, 5) is 10.9. The molecule has 0 amide bonds. The molecule has 2 nitrogen and oxygen atoms in total. The predicted octanol–water partition coefficient (Wildman–Crippen LogP) is 14.6. The van der Waals surface area contributed by atoms with Gasteiger partial charge in [0.15, 0.2) is 0 Å². The third-order valence-corrected chi connectivity index (χ3v) is 9.47. The van der Waals surface area contributed by atoms with E-state index in [1.807, 2.05) is 0 Å². The Morgan fingerprint density at radius 2 is 0.723 bits per heavy atom. The van der Waals surface area contributed by atoms with Gasteiger partial charge in [-0.05, 0) is 124 Å². The van der Waals surface area contributed by atoms with Crippen LogP contribution in [-0.2, 0) is 42.2 Å². The quantitative estimate of drug-likeness (QED) is 0.0507. The minimum Gasteiger partial charge on any atom is -0.252 e. The molecule has 268 valence electrons. The summed E-state index contributed by atoms with van der Waals surface area (Å²) >= 11 is 0. The molecule has 3 heteroatoms. The zero-order chi connectivity index (χ0) is 33.2. The van der Waals surface area contributed by atoms with Crippen molar-refractivity contribution < 1.29 is 16.5 Å². The van der Waals surface area contributed by atoms with E-state index in [-0.39, 0.29) is 16.5 Å². The fourth-order valence-electron chi connectivity index (χ4n) is 6.40. The van der Waals surface area contributed by atoms with Gasteiger partial charge < -0.3 is 0 Å². The van der Waals surface area contributed by atoms with E-state index in [2.05, 4.69) is 77.9 Å². The van der Waals surface area contributed by atoms with Gasteiger partial charge in [-0.1, -0.05) is 131 Å². The van der Waals surface area contributed by atoms with Gasteiger partial charge in [0.25, 0.3) is 0 Å². The van der Waals surface area contributed by atoms with E-state index < -0.39 is 0 Å². The Morgan fingerprint density at radius 3 is 1.13 bits per heavy atom. The van der Waals surface area contributed by atoms with Crippen molar-refractivity contribution in [2.45, 2.75) is 196 Å². The first-order valence-corrected chi connectivity index (χ1v) is 20.0. The third-order valence-electron chi connectivity index (χ3n) is 9.47. The molecule has 0 aliphatic heterocycles. The second-order valence-corrected chi connectivity index (χ2v) is 13.8. The maximum Gasteiger partial charge on any atom is 0.0636 e. The van der Waals surface area contributed by atoms with Crippen LogP contribution in [0.2, 0.25) is 0 Å². The van der Waals surface area contributed by atoms with Gasteiger partial charge in [-0.15, -0.1) is 0 Å². The number of nitrogens with zero attached hydrogens (tertiary/aromatic N) is 2. The summed E-state index contributed by atoms with van der Waals surface area (Å²) in [6.07, 6.45) is 29.7. The maximum atomic E-state index is 5.47. The molecule has 0 unspecified atom stereocenters. The van der Waals surface area contributed by atoms with Gasteiger partial charge in [-0.2, -0.15) is 0 Å². The number of benzene rings is 2. The molecule has 0 saturated heterocycles.